The quantitative estimate of drug-likeness (QED) is 0.642. The van der Waals surface area contributed by atoms with Crippen LogP contribution in [0.25, 0.3) is 11.5 Å². The fourth-order valence-corrected chi connectivity index (χ4v) is 3.00. The van der Waals surface area contributed by atoms with Crippen molar-refractivity contribution in [1.29, 1.82) is 0 Å². The maximum Gasteiger partial charge on any atom is 0.433 e. The highest BCUT2D eigenvalue weighted by molar-refractivity contribution is 7.08. The molecular weight excluding hydrogens is 395 g/mol. The Hall–Kier alpha value is -2.82. The summed E-state index contributed by atoms with van der Waals surface area (Å²) in [5, 5.41) is 14.2. The number of carbonyl (C=O) groups is 1. The Kier molecular flexibility index (Phi) is 6.02. The number of halogens is 3. The number of alkyl halides is 3. The van der Waals surface area contributed by atoms with Crippen LogP contribution in [0.1, 0.15) is 29.5 Å². The number of hydrogen-bond donors (Lipinski definition) is 1. The third-order valence-electron chi connectivity index (χ3n) is 3.66. The summed E-state index contributed by atoms with van der Waals surface area (Å²) in [4.78, 5) is 19.4. The second kappa shape index (κ2) is 8.46. The number of hydrogen-bond acceptors (Lipinski definition) is 7. The van der Waals surface area contributed by atoms with E-state index in [9.17, 15) is 18.0 Å². The molecule has 148 valence electrons. The van der Waals surface area contributed by atoms with Crippen molar-refractivity contribution in [3.63, 3.8) is 0 Å². The molecule has 28 heavy (non-hydrogen) atoms. The molecule has 0 fully saturated rings. The fraction of sp³-hybridized carbons (Fsp3) is 0.353. The van der Waals surface area contributed by atoms with Crippen molar-refractivity contribution >= 4 is 17.2 Å². The summed E-state index contributed by atoms with van der Waals surface area (Å²) in [6.07, 6.45) is -4.05. The molecule has 0 bridgehead atoms. The largest absolute Gasteiger partial charge is 0.433 e. The van der Waals surface area contributed by atoms with E-state index in [1.54, 1.807) is 0 Å². The molecule has 11 heteroatoms. The zero-order valence-corrected chi connectivity index (χ0v) is 15.6. The van der Waals surface area contributed by atoms with Crippen molar-refractivity contribution in [3.05, 3.63) is 46.0 Å². The Bertz CT molecular complexity index is 941. The zero-order valence-electron chi connectivity index (χ0n) is 14.8. The van der Waals surface area contributed by atoms with Gasteiger partial charge in [0.2, 0.25) is 17.7 Å². The molecule has 3 heterocycles. The SMILES string of the molecule is Cc1cc(C(F)(F)F)nc(CCNC(=O)CCc2nnc(-c3ccsc3)o2)n1. The van der Waals surface area contributed by atoms with Crippen molar-refractivity contribution < 1.29 is 22.4 Å². The normalized spacial score (nSPS) is 11.6. The highest BCUT2D eigenvalue weighted by Crippen LogP contribution is 2.27. The van der Waals surface area contributed by atoms with Gasteiger partial charge in [0.25, 0.3) is 0 Å². The first kappa shape index (κ1) is 19.9. The predicted molar refractivity (Wildman–Crippen MR) is 94.4 cm³/mol. The lowest BCUT2D eigenvalue weighted by Gasteiger charge is -2.09. The molecule has 0 unspecified atom stereocenters. The minimum atomic E-state index is -4.53. The standard InChI is InChI=1S/C17H16F3N5O2S/c1-10-8-12(17(18,19)20)23-13(22-10)4-6-21-14(26)2-3-15-24-25-16(27-15)11-5-7-28-9-11/h5,7-9H,2-4,6H2,1H3,(H,21,26). The minimum absolute atomic E-state index is 0.0323. The van der Waals surface area contributed by atoms with Crippen LogP contribution in [0.5, 0.6) is 0 Å². The molecule has 0 radical (unpaired) electrons. The molecule has 0 saturated carbocycles. The second-order valence-electron chi connectivity index (χ2n) is 5.92. The maximum absolute atomic E-state index is 12.8. The molecule has 0 atom stereocenters. The van der Waals surface area contributed by atoms with Crippen LogP contribution in [0.2, 0.25) is 0 Å². The maximum atomic E-state index is 12.8. The van der Waals surface area contributed by atoms with E-state index in [0.29, 0.717) is 11.8 Å². The molecule has 3 aromatic rings. The van der Waals surface area contributed by atoms with Gasteiger partial charge in [0.05, 0.1) is 0 Å². The first-order valence-electron chi connectivity index (χ1n) is 8.34. The van der Waals surface area contributed by atoms with Gasteiger partial charge in [0.15, 0.2) is 0 Å². The fourth-order valence-electron chi connectivity index (χ4n) is 2.37. The van der Waals surface area contributed by atoms with E-state index in [1.165, 1.54) is 18.3 Å². The summed E-state index contributed by atoms with van der Waals surface area (Å²) in [5.74, 6) is 0.492. The van der Waals surface area contributed by atoms with Crippen molar-refractivity contribution in [2.75, 3.05) is 6.54 Å². The summed E-state index contributed by atoms with van der Waals surface area (Å²) >= 11 is 1.51. The molecule has 7 nitrogen and oxygen atoms in total. The van der Waals surface area contributed by atoms with Gasteiger partial charge >= 0.3 is 6.18 Å². The lowest BCUT2D eigenvalue weighted by molar-refractivity contribution is -0.141. The van der Waals surface area contributed by atoms with Gasteiger partial charge in [0, 0.05) is 42.4 Å². The van der Waals surface area contributed by atoms with Crippen LogP contribution in [-0.4, -0.2) is 32.6 Å². The first-order valence-corrected chi connectivity index (χ1v) is 9.29. The molecule has 0 aliphatic heterocycles. The molecule has 3 rings (SSSR count). The van der Waals surface area contributed by atoms with Gasteiger partial charge in [-0.3, -0.25) is 4.79 Å². The van der Waals surface area contributed by atoms with E-state index in [4.69, 9.17) is 4.42 Å². The Morgan fingerprint density at radius 2 is 2.07 bits per heavy atom. The molecular formula is C17H16F3N5O2S. The van der Waals surface area contributed by atoms with Crippen molar-refractivity contribution in [3.8, 4) is 11.5 Å². The molecule has 3 aromatic heterocycles. The molecule has 0 aromatic carbocycles. The van der Waals surface area contributed by atoms with E-state index in [-0.39, 0.29) is 43.2 Å². The zero-order chi connectivity index (χ0) is 20.1. The molecule has 0 aliphatic carbocycles. The Morgan fingerprint density at radius 1 is 1.25 bits per heavy atom. The molecule has 1 N–H and O–H groups in total. The molecule has 0 aliphatic rings. The monoisotopic (exact) mass is 411 g/mol. The molecule has 0 saturated heterocycles. The van der Waals surface area contributed by atoms with Crippen LogP contribution in [0.4, 0.5) is 13.2 Å². The summed E-state index contributed by atoms with van der Waals surface area (Å²) in [6, 6.07) is 2.74. The number of rotatable bonds is 7. The number of aromatic nitrogens is 4. The lowest BCUT2D eigenvalue weighted by atomic mass is 10.2. The summed E-state index contributed by atoms with van der Waals surface area (Å²) < 4.78 is 43.8. The Balaban J connectivity index is 1.46. The van der Waals surface area contributed by atoms with Crippen LogP contribution in [0.3, 0.4) is 0 Å². The third-order valence-corrected chi connectivity index (χ3v) is 4.35. The van der Waals surface area contributed by atoms with Crippen LogP contribution >= 0.6 is 11.3 Å². The van der Waals surface area contributed by atoms with Gasteiger partial charge in [-0.1, -0.05) is 0 Å². The van der Waals surface area contributed by atoms with E-state index >= 15 is 0 Å². The Morgan fingerprint density at radius 3 is 2.79 bits per heavy atom. The van der Waals surface area contributed by atoms with E-state index in [1.807, 2.05) is 16.8 Å². The second-order valence-corrected chi connectivity index (χ2v) is 6.70. The summed E-state index contributed by atoms with van der Waals surface area (Å²) in [6.45, 7) is 1.59. The number of thiophene rings is 1. The number of aryl methyl sites for hydroxylation is 2. The van der Waals surface area contributed by atoms with Crippen LogP contribution in [0.15, 0.2) is 27.3 Å². The van der Waals surface area contributed by atoms with Crippen LogP contribution in [-0.2, 0) is 23.8 Å². The molecule has 1 amide bonds. The number of nitrogens with zero attached hydrogens (tertiary/aromatic N) is 4. The van der Waals surface area contributed by atoms with Gasteiger partial charge in [-0.25, -0.2) is 9.97 Å². The van der Waals surface area contributed by atoms with E-state index in [0.717, 1.165) is 11.6 Å². The van der Waals surface area contributed by atoms with E-state index < -0.39 is 11.9 Å². The smallest absolute Gasteiger partial charge is 0.421 e. The predicted octanol–water partition coefficient (Wildman–Crippen LogP) is 3.21. The average molecular weight is 411 g/mol. The van der Waals surface area contributed by atoms with Gasteiger partial charge in [0.1, 0.15) is 11.5 Å². The van der Waals surface area contributed by atoms with Gasteiger partial charge < -0.3 is 9.73 Å². The lowest BCUT2D eigenvalue weighted by Crippen LogP contribution is -2.26. The van der Waals surface area contributed by atoms with Crippen molar-refractivity contribution in [1.82, 2.24) is 25.5 Å². The van der Waals surface area contributed by atoms with Crippen molar-refractivity contribution in [2.24, 2.45) is 0 Å². The number of nitrogens with one attached hydrogen (secondary N) is 1. The average Bonchev–Trinajstić information content (AvgIpc) is 3.30. The van der Waals surface area contributed by atoms with Crippen LogP contribution in [0, 0.1) is 6.92 Å². The van der Waals surface area contributed by atoms with Crippen molar-refractivity contribution in [2.45, 2.75) is 32.4 Å². The number of carbonyl (C=O) groups excluding carboxylic acids is 1. The highest BCUT2D eigenvalue weighted by Gasteiger charge is 2.33. The highest BCUT2D eigenvalue weighted by atomic mass is 32.1. The van der Waals surface area contributed by atoms with Gasteiger partial charge in [-0.05, 0) is 24.4 Å². The first-order chi connectivity index (χ1) is 13.3. The van der Waals surface area contributed by atoms with Crippen LogP contribution < -0.4 is 5.32 Å². The third kappa shape index (κ3) is 5.35. The van der Waals surface area contributed by atoms with Gasteiger partial charge in [-0.15, -0.1) is 10.2 Å². The number of amides is 1. The van der Waals surface area contributed by atoms with E-state index in [2.05, 4.69) is 25.5 Å². The Labute approximate surface area is 162 Å². The summed E-state index contributed by atoms with van der Waals surface area (Å²) in [5.41, 5.74) is 0.0604. The summed E-state index contributed by atoms with van der Waals surface area (Å²) in [7, 11) is 0. The topological polar surface area (TPSA) is 93.8 Å². The molecule has 0 spiro atoms. The minimum Gasteiger partial charge on any atom is -0.421 e. The van der Waals surface area contributed by atoms with Gasteiger partial charge in [-0.2, -0.15) is 24.5 Å².